The Labute approximate surface area is 90.2 Å². The summed E-state index contributed by atoms with van der Waals surface area (Å²) in [5.41, 5.74) is 1.17. The molecule has 0 aliphatic heterocycles. The van der Waals surface area contributed by atoms with E-state index in [9.17, 15) is 0 Å². The Bertz CT molecular complexity index is 299. The molecule has 1 aromatic carbocycles. The second-order valence-electron chi connectivity index (χ2n) is 3.46. The van der Waals surface area contributed by atoms with Crippen LogP contribution in [0.15, 0.2) is 18.2 Å². The van der Waals surface area contributed by atoms with Gasteiger partial charge in [0.1, 0.15) is 5.75 Å². The average Bonchev–Trinajstić information content (AvgIpc) is 2.10. The lowest BCUT2D eigenvalue weighted by atomic mass is 10.2. The first-order valence-electron chi connectivity index (χ1n) is 4.73. The quantitative estimate of drug-likeness (QED) is 0.831. The zero-order chi connectivity index (χ0) is 10.6. The highest BCUT2D eigenvalue weighted by atomic mass is 35.5. The molecule has 0 aromatic heterocycles. The van der Waals surface area contributed by atoms with Gasteiger partial charge in [0.25, 0.3) is 0 Å². The van der Waals surface area contributed by atoms with Gasteiger partial charge in [-0.25, -0.2) is 0 Å². The Morgan fingerprint density at radius 2 is 2.14 bits per heavy atom. The Morgan fingerprint density at radius 1 is 1.43 bits per heavy atom. The molecule has 0 radical (unpaired) electrons. The highest BCUT2D eigenvalue weighted by Crippen LogP contribution is 2.26. The molecule has 78 valence electrons. The largest absolute Gasteiger partial charge is 0.489 e. The fraction of sp³-hybridized carbons (Fsp3) is 0.455. The average molecular weight is 214 g/mol. The topological polar surface area (TPSA) is 21.3 Å². The maximum absolute atomic E-state index is 6.00. The molecule has 0 aliphatic carbocycles. The maximum Gasteiger partial charge on any atom is 0.138 e. The number of ether oxygens (including phenoxy) is 1. The van der Waals surface area contributed by atoms with Crippen LogP contribution in [0.25, 0.3) is 0 Å². The Morgan fingerprint density at radius 3 is 2.71 bits per heavy atom. The SMILES string of the molecule is CNCc1ccc(Cl)c(OC(C)C)c1. The second-order valence-corrected chi connectivity index (χ2v) is 3.87. The van der Waals surface area contributed by atoms with Crippen LogP contribution in [0.3, 0.4) is 0 Å². The summed E-state index contributed by atoms with van der Waals surface area (Å²) >= 11 is 6.00. The van der Waals surface area contributed by atoms with E-state index in [4.69, 9.17) is 16.3 Å². The molecular weight excluding hydrogens is 198 g/mol. The maximum atomic E-state index is 6.00. The van der Waals surface area contributed by atoms with Crippen LogP contribution in [0.1, 0.15) is 19.4 Å². The number of nitrogens with one attached hydrogen (secondary N) is 1. The molecule has 3 heteroatoms. The summed E-state index contributed by atoms with van der Waals surface area (Å²) in [5.74, 6) is 0.759. The summed E-state index contributed by atoms with van der Waals surface area (Å²) in [5, 5.41) is 3.75. The van der Waals surface area contributed by atoms with Crippen LogP contribution in [-0.4, -0.2) is 13.2 Å². The van der Waals surface area contributed by atoms with Crippen molar-refractivity contribution in [3.8, 4) is 5.75 Å². The molecule has 2 nitrogen and oxygen atoms in total. The normalized spacial score (nSPS) is 10.6. The third-order valence-corrected chi connectivity index (χ3v) is 2.05. The van der Waals surface area contributed by atoms with Crippen molar-refractivity contribution in [2.24, 2.45) is 0 Å². The fourth-order valence-electron chi connectivity index (χ4n) is 1.21. The molecule has 0 atom stereocenters. The lowest BCUT2D eigenvalue weighted by Gasteiger charge is -2.12. The van der Waals surface area contributed by atoms with Gasteiger partial charge in [-0.3, -0.25) is 0 Å². The van der Waals surface area contributed by atoms with Crippen molar-refractivity contribution in [2.75, 3.05) is 7.05 Å². The summed E-state index contributed by atoms with van der Waals surface area (Å²) in [6.07, 6.45) is 0.150. The van der Waals surface area contributed by atoms with E-state index in [0.29, 0.717) is 5.02 Å². The first-order chi connectivity index (χ1) is 6.63. The third-order valence-electron chi connectivity index (χ3n) is 1.74. The summed E-state index contributed by atoms with van der Waals surface area (Å²) in [4.78, 5) is 0. The molecule has 14 heavy (non-hydrogen) atoms. The zero-order valence-corrected chi connectivity index (χ0v) is 9.56. The van der Waals surface area contributed by atoms with E-state index in [1.165, 1.54) is 5.56 Å². The molecule has 1 N–H and O–H groups in total. The van der Waals surface area contributed by atoms with Crippen LogP contribution in [0, 0.1) is 0 Å². The lowest BCUT2D eigenvalue weighted by molar-refractivity contribution is 0.242. The van der Waals surface area contributed by atoms with Crippen LogP contribution >= 0.6 is 11.6 Å². The van der Waals surface area contributed by atoms with Gasteiger partial charge < -0.3 is 10.1 Å². The highest BCUT2D eigenvalue weighted by molar-refractivity contribution is 6.32. The Balaban J connectivity index is 2.84. The van der Waals surface area contributed by atoms with E-state index in [1.54, 1.807) is 0 Å². The van der Waals surface area contributed by atoms with Gasteiger partial charge in [0, 0.05) is 6.54 Å². The van der Waals surface area contributed by atoms with E-state index in [1.807, 2.05) is 39.1 Å². The van der Waals surface area contributed by atoms with Gasteiger partial charge in [0.2, 0.25) is 0 Å². The van der Waals surface area contributed by atoms with Crippen LogP contribution in [0.2, 0.25) is 5.02 Å². The molecule has 1 rings (SSSR count). The predicted molar refractivity (Wildman–Crippen MR) is 60.0 cm³/mol. The Kier molecular flexibility index (Phi) is 4.23. The molecule has 0 spiro atoms. The smallest absolute Gasteiger partial charge is 0.138 e. The van der Waals surface area contributed by atoms with E-state index in [2.05, 4.69) is 5.32 Å². The Hall–Kier alpha value is -0.730. The van der Waals surface area contributed by atoms with Gasteiger partial charge in [-0.2, -0.15) is 0 Å². The first-order valence-corrected chi connectivity index (χ1v) is 5.11. The first kappa shape index (κ1) is 11.3. The lowest BCUT2D eigenvalue weighted by Crippen LogP contribution is -2.08. The molecule has 0 saturated carbocycles. The van der Waals surface area contributed by atoms with Crippen LogP contribution in [0.5, 0.6) is 5.75 Å². The van der Waals surface area contributed by atoms with E-state index in [0.717, 1.165) is 12.3 Å². The van der Waals surface area contributed by atoms with Gasteiger partial charge in [-0.1, -0.05) is 17.7 Å². The molecule has 1 aromatic rings. The molecule has 0 unspecified atom stereocenters. The number of benzene rings is 1. The minimum absolute atomic E-state index is 0.150. The standard InChI is InChI=1S/C11H16ClNO/c1-8(2)14-11-6-9(7-13-3)4-5-10(11)12/h4-6,8,13H,7H2,1-3H3. The minimum atomic E-state index is 0.150. The zero-order valence-electron chi connectivity index (χ0n) is 8.80. The van der Waals surface area contributed by atoms with Gasteiger partial charge in [0.15, 0.2) is 0 Å². The number of hydrogen-bond acceptors (Lipinski definition) is 2. The molecule has 0 amide bonds. The summed E-state index contributed by atoms with van der Waals surface area (Å²) < 4.78 is 5.57. The van der Waals surface area contributed by atoms with E-state index >= 15 is 0 Å². The highest BCUT2D eigenvalue weighted by Gasteiger charge is 2.04. The monoisotopic (exact) mass is 213 g/mol. The molecule has 0 bridgehead atoms. The molecule has 0 heterocycles. The summed E-state index contributed by atoms with van der Waals surface area (Å²) in [6.45, 7) is 4.80. The molecular formula is C11H16ClNO. The van der Waals surface area contributed by atoms with Crippen molar-refractivity contribution in [1.82, 2.24) is 5.32 Å². The van der Waals surface area contributed by atoms with Crippen molar-refractivity contribution in [3.05, 3.63) is 28.8 Å². The molecule has 0 fully saturated rings. The molecule has 0 saturated heterocycles. The number of hydrogen-bond donors (Lipinski definition) is 1. The van der Waals surface area contributed by atoms with E-state index in [-0.39, 0.29) is 6.10 Å². The van der Waals surface area contributed by atoms with Crippen molar-refractivity contribution in [1.29, 1.82) is 0 Å². The van der Waals surface area contributed by atoms with Crippen LogP contribution in [-0.2, 0) is 6.54 Å². The van der Waals surface area contributed by atoms with Gasteiger partial charge >= 0.3 is 0 Å². The van der Waals surface area contributed by atoms with E-state index < -0.39 is 0 Å². The van der Waals surface area contributed by atoms with Crippen LogP contribution < -0.4 is 10.1 Å². The predicted octanol–water partition coefficient (Wildman–Crippen LogP) is 2.85. The second kappa shape index (κ2) is 5.23. The van der Waals surface area contributed by atoms with Crippen molar-refractivity contribution in [3.63, 3.8) is 0 Å². The number of rotatable bonds is 4. The van der Waals surface area contributed by atoms with Crippen molar-refractivity contribution in [2.45, 2.75) is 26.5 Å². The van der Waals surface area contributed by atoms with Gasteiger partial charge in [-0.15, -0.1) is 0 Å². The third kappa shape index (κ3) is 3.20. The number of halogens is 1. The van der Waals surface area contributed by atoms with Crippen LogP contribution in [0.4, 0.5) is 0 Å². The van der Waals surface area contributed by atoms with Gasteiger partial charge in [0.05, 0.1) is 11.1 Å². The van der Waals surface area contributed by atoms with Gasteiger partial charge in [-0.05, 0) is 38.6 Å². The molecule has 0 aliphatic rings. The minimum Gasteiger partial charge on any atom is -0.489 e. The van der Waals surface area contributed by atoms with Crippen molar-refractivity contribution < 1.29 is 4.74 Å². The van der Waals surface area contributed by atoms with Crippen molar-refractivity contribution >= 4 is 11.6 Å². The fourth-order valence-corrected chi connectivity index (χ4v) is 1.37. The summed E-state index contributed by atoms with van der Waals surface area (Å²) in [6, 6.07) is 5.83. The summed E-state index contributed by atoms with van der Waals surface area (Å²) in [7, 11) is 1.91.